The molecule has 0 spiro atoms. The van der Waals surface area contributed by atoms with Crippen LogP contribution >= 0.6 is 11.6 Å². The van der Waals surface area contributed by atoms with Gasteiger partial charge in [-0.2, -0.15) is 0 Å². The number of aryl methyl sites for hydroxylation is 1. The van der Waals surface area contributed by atoms with Gasteiger partial charge in [-0.3, -0.25) is 9.59 Å². The normalized spacial score (nSPS) is 21.3. The molecule has 1 aromatic carbocycles. The molecule has 4 nitrogen and oxygen atoms in total. The van der Waals surface area contributed by atoms with Crippen LogP contribution in [0.4, 0.5) is 0 Å². The van der Waals surface area contributed by atoms with Crippen LogP contribution in [0, 0.1) is 5.92 Å². The van der Waals surface area contributed by atoms with Gasteiger partial charge in [0.2, 0.25) is 11.8 Å². The van der Waals surface area contributed by atoms with Crippen LogP contribution in [-0.2, 0) is 16.0 Å². The van der Waals surface area contributed by atoms with Crippen LogP contribution < -0.4 is 5.32 Å². The summed E-state index contributed by atoms with van der Waals surface area (Å²) in [7, 11) is 0. The van der Waals surface area contributed by atoms with Crippen LogP contribution in [0.25, 0.3) is 0 Å². The number of carbonyl (C=O) groups excluding carboxylic acids is 2. The van der Waals surface area contributed by atoms with Crippen molar-refractivity contribution in [2.45, 2.75) is 57.4 Å². The van der Waals surface area contributed by atoms with Crippen LogP contribution in [0.1, 0.15) is 50.5 Å². The van der Waals surface area contributed by atoms with E-state index in [4.69, 9.17) is 11.6 Å². The molecular formula is C20H27ClN2O2. The van der Waals surface area contributed by atoms with Gasteiger partial charge in [0, 0.05) is 36.5 Å². The fraction of sp³-hybridized carbons (Fsp3) is 0.600. The lowest BCUT2D eigenvalue weighted by Crippen LogP contribution is -2.40. The van der Waals surface area contributed by atoms with E-state index in [0.29, 0.717) is 30.3 Å². The Morgan fingerprint density at radius 2 is 1.88 bits per heavy atom. The summed E-state index contributed by atoms with van der Waals surface area (Å²) < 4.78 is 0. The van der Waals surface area contributed by atoms with Crippen LogP contribution in [0.3, 0.4) is 0 Å². The van der Waals surface area contributed by atoms with Crippen molar-refractivity contribution < 1.29 is 9.59 Å². The first-order chi connectivity index (χ1) is 12.1. The summed E-state index contributed by atoms with van der Waals surface area (Å²) in [5, 5.41) is 3.79. The third kappa shape index (κ3) is 4.97. The first-order valence-corrected chi connectivity index (χ1v) is 9.83. The summed E-state index contributed by atoms with van der Waals surface area (Å²) in [5.41, 5.74) is 1.000. The largest absolute Gasteiger partial charge is 0.352 e. The Kier molecular flexibility index (Phi) is 6.35. The van der Waals surface area contributed by atoms with E-state index in [1.807, 2.05) is 29.2 Å². The van der Waals surface area contributed by atoms with Gasteiger partial charge < -0.3 is 10.2 Å². The standard InChI is InChI=1S/C20H27ClN2O2/c21-18-9-5-4-6-15(18)10-11-19(24)22-17-12-13-23(14-17)20(25)16-7-2-1-3-8-16/h4-6,9,16-17H,1-3,7-8,10-14H2,(H,22,24). The Bertz CT molecular complexity index is 613. The van der Waals surface area contributed by atoms with Crippen LogP contribution in [-0.4, -0.2) is 35.8 Å². The number of amides is 2. The van der Waals surface area contributed by atoms with Gasteiger partial charge in [-0.05, 0) is 37.3 Å². The second kappa shape index (κ2) is 8.70. The van der Waals surface area contributed by atoms with Gasteiger partial charge in [0.1, 0.15) is 0 Å². The van der Waals surface area contributed by atoms with E-state index in [0.717, 1.165) is 31.4 Å². The zero-order chi connectivity index (χ0) is 17.6. The third-order valence-corrected chi connectivity index (χ3v) is 5.77. The molecule has 5 heteroatoms. The number of nitrogens with zero attached hydrogens (tertiary/aromatic N) is 1. The highest BCUT2D eigenvalue weighted by Gasteiger charge is 2.31. The molecule has 0 radical (unpaired) electrons. The highest BCUT2D eigenvalue weighted by atomic mass is 35.5. The maximum absolute atomic E-state index is 12.6. The average Bonchev–Trinajstić information content (AvgIpc) is 3.09. The molecule has 1 saturated carbocycles. The van der Waals surface area contributed by atoms with Crippen molar-refractivity contribution in [1.29, 1.82) is 0 Å². The second-order valence-electron chi connectivity index (χ2n) is 7.26. The molecule has 1 aliphatic carbocycles. The molecule has 1 N–H and O–H groups in total. The van der Waals surface area contributed by atoms with Gasteiger partial charge in [0.25, 0.3) is 0 Å². The van der Waals surface area contributed by atoms with Gasteiger partial charge in [0.15, 0.2) is 0 Å². The minimum absolute atomic E-state index is 0.0388. The number of benzene rings is 1. The van der Waals surface area contributed by atoms with Crippen molar-refractivity contribution in [1.82, 2.24) is 10.2 Å². The third-order valence-electron chi connectivity index (χ3n) is 5.40. The SMILES string of the molecule is O=C(CCc1ccccc1Cl)NC1CCN(C(=O)C2CCCCC2)C1. The van der Waals surface area contributed by atoms with E-state index in [-0.39, 0.29) is 17.9 Å². The van der Waals surface area contributed by atoms with Gasteiger partial charge in [-0.1, -0.05) is 49.1 Å². The Labute approximate surface area is 154 Å². The van der Waals surface area contributed by atoms with E-state index < -0.39 is 0 Å². The van der Waals surface area contributed by atoms with Gasteiger partial charge in [-0.15, -0.1) is 0 Å². The molecule has 1 aromatic rings. The van der Waals surface area contributed by atoms with E-state index in [1.54, 1.807) is 0 Å². The lowest BCUT2D eigenvalue weighted by molar-refractivity contribution is -0.135. The molecule has 2 fully saturated rings. The molecule has 136 valence electrons. The predicted molar refractivity (Wildman–Crippen MR) is 99.5 cm³/mol. The van der Waals surface area contributed by atoms with Crippen molar-refractivity contribution in [3.63, 3.8) is 0 Å². The first-order valence-electron chi connectivity index (χ1n) is 9.45. The van der Waals surface area contributed by atoms with E-state index in [2.05, 4.69) is 5.32 Å². The maximum Gasteiger partial charge on any atom is 0.225 e. The van der Waals surface area contributed by atoms with E-state index in [9.17, 15) is 9.59 Å². The van der Waals surface area contributed by atoms with Gasteiger partial charge in [-0.25, -0.2) is 0 Å². The summed E-state index contributed by atoms with van der Waals surface area (Å²) in [6.45, 7) is 1.43. The van der Waals surface area contributed by atoms with Crippen molar-refractivity contribution >= 4 is 23.4 Å². The molecule has 2 amide bonds. The number of nitrogens with one attached hydrogen (secondary N) is 1. The molecule has 0 bridgehead atoms. The monoisotopic (exact) mass is 362 g/mol. The summed E-state index contributed by atoms with van der Waals surface area (Å²) in [4.78, 5) is 26.7. The molecule has 0 aromatic heterocycles. The summed E-state index contributed by atoms with van der Waals surface area (Å²) in [6.07, 6.45) is 7.59. The Balaban J connectivity index is 1.42. The number of hydrogen-bond donors (Lipinski definition) is 1. The minimum atomic E-state index is 0.0388. The lowest BCUT2D eigenvalue weighted by Gasteiger charge is -2.26. The second-order valence-corrected chi connectivity index (χ2v) is 7.67. The quantitative estimate of drug-likeness (QED) is 0.870. The molecule has 2 aliphatic rings. The summed E-state index contributed by atoms with van der Waals surface area (Å²) in [6, 6.07) is 7.72. The minimum Gasteiger partial charge on any atom is -0.352 e. The molecular weight excluding hydrogens is 336 g/mol. The van der Waals surface area contributed by atoms with Crippen LogP contribution in [0.15, 0.2) is 24.3 Å². The van der Waals surface area contributed by atoms with Gasteiger partial charge in [0.05, 0.1) is 0 Å². The van der Waals surface area contributed by atoms with E-state index in [1.165, 1.54) is 19.3 Å². The number of likely N-dealkylation sites (tertiary alicyclic amines) is 1. The smallest absolute Gasteiger partial charge is 0.225 e. The molecule has 3 rings (SSSR count). The average molecular weight is 363 g/mol. The molecule has 25 heavy (non-hydrogen) atoms. The highest BCUT2D eigenvalue weighted by Crippen LogP contribution is 2.26. The highest BCUT2D eigenvalue weighted by molar-refractivity contribution is 6.31. The van der Waals surface area contributed by atoms with Gasteiger partial charge >= 0.3 is 0 Å². The fourth-order valence-electron chi connectivity index (χ4n) is 3.94. The lowest BCUT2D eigenvalue weighted by atomic mass is 9.88. The Morgan fingerprint density at radius 1 is 1.12 bits per heavy atom. The van der Waals surface area contributed by atoms with Crippen molar-refractivity contribution in [2.24, 2.45) is 5.92 Å². The molecule has 1 unspecified atom stereocenters. The zero-order valence-corrected chi connectivity index (χ0v) is 15.4. The van der Waals surface area contributed by atoms with Crippen molar-refractivity contribution in [3.8, 4) is 0 Å². The van der Waals surface area contributed by atoms with Crippen LogP contribution in [0.5, 0.6) is 0 Å². The maximum atomic E-state index is 12.6. The molecule has 1 aliphatic heterocycles. The zero-order valence-electron chi connectivity index (χ0n) is 14.7. The molecule has 1 heterocycles. The number of halogens is 1. The first kappa shape index (κ1) is 18.2. The topological polar surface area (TPSA) is 49.4 Å². The molecule has 1 atom stereocenters. The Morgan fingerprint density at radius 3 is 2.64 bits per heavy atom. The summed E-state index contributed by atoms with van der Waals surface area (Å²) >= 11 is 6.13. The number of carbonyl (C=O) groups is 2. The predicted octanol–water partition coefficient (Wildman–Crippen LogP) is 3.57. The summed E-state index contributed by atoms with van der Waals surface area (Å²) in [5.74, 6) is 0.549. The van der Waals surface area contributed by atoms with Crippen molar-refractivity contribution in [3.05, 3.63) is 34.9 Å². The van der Waals surface area contributed by atoms with E-state index >= 15 is 0 Å². The molecule has 1 saturated heterocycles. The fourth-order valence-corrected chi connectivity index (χ4v) is 4.17. The number of hydrogen-bond acceptors (Lipinski definition) is 2. The Hall–Kier alpha value is -1.55. The van der Waals surface area contributed by atoms with Crippen LogP contribution in [0.2, 0.25) is 5.02 Å². The van der Waals surface area contributed by atoms with Crippen molar-refractivity contribution in [2.75, 3.05) is 13.1 Å². The number of rotatable bonds is 5.